The van der Waals surface area contributed by atoms with Crippen molar-refractivity contribution < 1.29 is 33.4 Å². The zero-order valence-electron chi connectivity index (χ0n) is 23.4. The molecule has 1 fully saturated rings. The normalized spacial score (nSPS) is 18.2. The van der Waals surface area contributed by atoms with Crippen LogP contribution in [0.2, 0.25) is 0 Å². The van der Waals surface area contributed by atoms with Crippen molar-refractivity contribution in [3.8, 4) is 11.5 Å². The number of anilines is 1. The Hall–Kier alpha value is -4.48. The van der Waals surface area contributed by atoms with Crippen LogP contribution >= 0.6 is 11.8 Å². The third-order valence-electron chi connectivity index (χ3n) is 7.72. The molecule has 0 saturated carbocycles. The van der Waals surface area contributed by atoms with Crippen LogP contribution in [0.25, 0.3) is 0 Å². The number of nitrogens with zero attached hydrogens (tertiary/aromatic N) is 2. The molecule has 2 unspecified atom stereocenters. The van der Waals surface area contributed by atoms with Gasteiger partial charge in [0.1, 0.15) is 17.5 Å². The molecular formula is C32H29N3O7S. The van der Waals surface area contributed by atoms with Gasteiger partial charge >= 0.3 is 0 Å². The Bertz CT molecular complexity index is 1600. The lowest BCUT2D eigenvalue weighted by molar-refractivity contribution is -0.120. The SMILES string of the molecule is CSCCC(C(=O)Nc1cccc(Oc2ccc3c(c2)C(=O)N(CC2CCCO2)C3=O)c1)N1C(=O)c2ccccc2C1=O. The Labute approximate surface area is 252 Å². The van der Waals surface area contributed by atoms with Crippen molar-refractivity contribution in [1.82, 2.24) is 9.80 Å². The van der Waals surface area contributed by atoms with Crippen molar-refractivity contribution in [2.24, 2.45) is 0 Å². The zero-order chi connectivity index (χ0) is 30.1. The number of ether oxygens (including phenoxy) is 2. The fourth-order valence-electron chi connectivity index (χ4n) is 5.59. The number of hydrogen-bond acceptors (Lipinski definition) is 8. The molecule has 2 atom stereocenters. The van der Waals surface area contributed by atoms with Gasteiger partial charge in [0, 0.05) is 18.4 Å². The Morgan fingerprint density at radius 2 is 1.60 bits per heavy atom. The summed E-state index contributed by atoms with van der Waals surface area (Å²) in [6.07, 6.45) is 3.76. The first-order valence-electron chi connectivity index (χ1n) is 14.0. The number of imide groups is 2. The third-order valence-corrected chi connectivity index (χ3v) is 8.37. The Morgan fingerprint density at radius 1 is 0.907 bits per heavy atom. The maximum atomic E-state index is 13.5. The van der Waals surface area contributed by atoms with Crippen LogP contribution in [-0.4, -0.2) is 76.6 Å². The van der Waals surface area contributed by atoms with Crippen LogP contribution in [0.1, 0.15) is 60.7 Å². The average Bonchev–Trinajstić information content (AvgIpc) is 3.68. The van der Waals surface area contributed by atoms with E-state index >= 15 is 0 Å². The minimum absolute atomic E-state index is 0.145. The molecule has 5 amide bonds. The van der Waals surface area contributed by atoms with Crippen LogP contribution in [0.4, 0.5) is 5.69 Å². The molecular weight excluding hydrogens is 570 g/mol. The first kappa shape index (κ1) is 28.6. The van der Waals surface area contributed by atoms with Crippen LogP contribution in [0, 0.1) is 0 Å². The Morgan fingerprint density at radius 3 is 2.30 bits per heavy atom. The lowest BCUT2D eigenvalue weighted by Crippen LogP contribution is -2.47. The van der Waals surface area contributed by atoms with Crippen LogP contribution in [0.15, 0.2) is 66.7 Å². The molecule has 0 aliphatic carbocycles. The molecule has 43 heavy (non-hydrogen) atoms. The van der Waals surface area contributed by atoms with Gasteiger partial charge in [0.05, 0.1) is 34.9 Å². The lowest BCUT2D eigenvalue weighted by atomic mass is 10.1. The van der Waals surface area contributed by atoms with E-state index in [0.717, 1.165) is 17.7 Å². The standard InChI is InChI=1S/C32H29N3O7S/c1-43-15-13-27(35-31(39)23-9-2-3-10-24(23)32(35)40)28(36)33-19-6-4-7-20(16-19)42-21-11-12-25-26(17-21)30(38)34(29(25)37)18-22-8-5-14-41-22/h2-4,6-7,9-12,16-17,22,27H,5,8,13-15,18H2,1H3,(H,33,36). The summed E-state index contributed by atoms with van der Waals surface area (Å²) in [7, 11) is 0. The first-order valence-corrected chi connectivity index (χ1v) is 15.4. The van der Waals surface area contributed by atoms with Crippen LogP contribution in [-0.2, 0) is 9.53 Å². The maximum Gasteiger partial charge on any atom is 0.262 e. The smallest absolute Gasteiger partial charge is 0.262 e. The van der Waals surface area contributed by atoms with Gasteiger partial charge in [-0.1, -0.05) is 18.2 Å². The molecule has 0 bridgehead atoms. The van der Waals surface area contributed by atoms with Crippen molar-refractivity contribution in [2.75, 3.05) is 30.5 Å². The van der Waals surface area contributed by atoms with E-state index in [4.69, 9.17) is 9.47 Å². The van der Waals surface area contributed by atoms with E-state index in [9.17, 15) is 24.0 Å². The molecule has 1 N–H and O–H groups in total. The predicted octanol–water partition coefficient (Wildman–Crippen LogP) is 4.61. The lowest BCUT2D eigenvalue weighted by Gasteiger charge is -2.25. The molecule has 6 rings (SSSR count). The quantitative estimate of drug-likeness (QED) is 0.336. The number of amides is 5. The van der Waals surface area contributed by atoms with E-state index < -0.39 is 23.8 Å². The van der Waals surface area contributed by atoms with Gasteiger partial charge in [-0.2, -0.15) is 11.8 Å². The highest BCUT2D eigenvalue weighted by Crippen LogP contribution is 2.32. The highest BCUT2D eigenvalue weighted by Gasteiger charge is 2.42. The van der Waals surface area contributed by atoms with Gasteiger partial charge in [-0.05, 0) is 73.7 Å². The van der Waals surface area contributed by atoms with E-state index in [2.05, 4.69) is 5.32 Å². The third kappa shape index (κ3) is 5.53. The van der Waals surface area contributed by atoms with Gasteiger partial charge in [-0.15, -0.1) is 0 Å². The summed E-state index contributed by atoms with van der Waals surface area (Å²) in [4.78, 5) is 67.8. The summed E-state index contributed by atoms with van der Waals surface area (Å²) in [5.74, 6) is -0.894. The second-order valence-electron chi connectivity index (χ2n) is 10.5. The molecule has 11 heteroatoms. The minimum Gasteiger partial charge on any atom is -0.457 e. The molecule has 0 radical (unpaired) electrons. The molecule has 1 saturated heterocycles. The molecule has 3 aliphatic heterocycles. The van der Waals surface area contributed by atoms with E-state index in [1.54, 1.807) is 60.7 Å². The maximum absolute atomic E-state index is 13.5. The van der Waals surface area contributed by atoms with Crippen LogP contribution in [0.5, 0.6) is 11.5 Å². The van der Waals surface area contributed by atoms with Crippen LogP contribution in [0.3, 0.4) is 0 Å². The van der Waals surface area contributed by atoms with E-state index in [1.807, 2.05) is 6.26 Å². The topological polar surface area (TPSA) is 122 Å². The van der Waals surface area contributed by atoms with E-state index in [1.165, 1.54) is 22.7 Å². The Kier molecular flexibility index (Phi) is 8.00. The van der Waals surface area contributed by atoms with Crippen LogP contribution < -0.4 is 10.1 Å². The van der Waals surface area contributed by atoms with Gasteiger partial charge in [0.2, 0.25) is 5.91 Å². The number of carbonyl (C=O) groups excluding carboxylic acids is 5. The summed E-state index contributed by atoms with van der Waals surface area (Å²) in [5, 5.41) is 2.82. The van der Waals surface area contributed by atoms with Crippen molar-refractivity contribution in [3.05, 3.63) is 89.0 Å². The van der Waals surface area contributed by atoms with Crippen molar-refractivity contribution in [1.29, 1.82) is 0 Å². The van der Waals surface area contributed by atoms with Gasteiger partial charge in [0.25, 0.3) is 23.6 Å². The monoisotopic (exact) mass is 599 g/mol. The molecule has 0 aromatic heterocycles. The molecule has 10 nitrogen and oxygen atoms in total. The molecule has 3 aliphatic rings. The van der Waals surface area contributed by atoms with Crippen molar-refractivity contribution in [3.63, 3.8) is 0 Å². The van der Waals surface area contributed by atoms with Crippen molar-refractivity contribution in [2.45, 2.75) is 31.4 Å². The average molecular weight is 600 g/mol. The second-order valence-corrected chi connectivity index (χ2v) is 11.5. The summed E-state index contributed by atoms with van der Waals surface area (Å²) in [5.41, 5.74) is 1.57. The van der Waals surface area contributed by atoms with E-state index in [0.29, 0.717) is 41.5 Å². The molecule has 0 spiro atoms. The molecule has 3 aromatic rings. The van der Waals surface area contributed by atoms with Gasteiger partial charge in [-0.25, -0.2) is 0 Å². The number of nitrogens with one attached hydrogen (secondary N) is 1. The van der Waals surface area contributed by atoms with Gasteiger partial charge < -0.3 is 14.8 Å². The number of thioether (sulfide) groups is 1. The van der Waals surface area contributed by atoms with E-state index in [-0.39, 0.29) is 41.2 Å². The minimum atomic E-state index is -0.998. The Balaban J connectivity index is 1.16. The highest BCUT2D eigenvalue weighted by molar-refractivity contribution is 7.98. The molecule has 3 heterocycles. The largest absolute Gasteiger partial charge is 0.457 e. The predicted molar refractivity (Wildman–Crippen MR) is 160 cm³/mol. The fraction of sp³-hybridized carbons (Fsp3) is 0.281. The first-order chi connectivity index (χ1) is 20.9. The number of carbonyl (C=O) groups is 5. The molecule has 3 aromatic carbocycles. The number of fused-ring (bicyclic) bond motifs is 2. The summed E-state index contributed by atoms with van der Waals surface area (Å²) in [6.45, 7) is 0.857. The zero-order valence-corrected chi connectivity index (χ0v) is 24.2. The van der Waals surface area contributed by atoms with Crippen molar-refractivity contribution >= 4 is 47.0 Å². The summed E-state index contributed by atoms with van der Waals surface area (Å²) in [6, 6.07) is 16.9. The highest BCUT2D eigenvalue weighted by atomic mass is 32.2. The number of benzene rings is 3. The van der Waals surface area contributed by atoms with Gasteiger partial charge in [0.15, 0.2) is 0 Å². The number of rotatable bonds is 10. The number of hydrogen-bond donors (Lipinski definition) is 1. The van der Waals surface area contributed by atoms with Gasteiger partial charge in [-0.3, -0.25) is 33.8 Å². The fourth-order valence-corrected chi connectivity index (χ4v) is 6.05. The second kappa shape index (κ2) is 12.0. The molecule has 220 valence electrons. The summed E-state index contributed by atoms with van der Waals surface area (Å²) >= 11 is 1.52. The summed E-state index contributed by atoms with van der Waals surface area (Å²) < 4.78 is 11.6.